The quantitative estimate of drug-likeness (QED) is 0.336. The molecule has 5 N–H and O–H groups in total. The maximum atomic E-state index is 12.3. The Morgan fingerprint density at radius 2 is 1.79 bits per heavy atom. The van der Waals surface area contributed by atoms with Crippen LogP contribution < -0.4 is 0 Å². The minimum Gasteiger partial charge on any atom is -0.394 e. The Labute approximate surface area is 79.2 Å². The van der Waals surface area contributed by atoms with Gasteiger partial charge in [0.1, 0.15) is 31.1 Å². The van der Waals surface area contributed by atoms with Gasteiger partial charge in [0.25, 0.3) is 0 Å². The standard InChI is InChI=1S/C7H13FO6/c8-2-7(13)6(12)5(11)4(10)3(1-9)14-7/h3-6,9-13H,1-2H2/t3?,4-,5?,6?,7+/m0/s1. The molecule has 1 rings (SSSR count). The molecule has 1 aliphatic rings. The normalized spacial score (nSPS) is 49.3. The van der Waals surface area contributed by atoms with Crippen LogP contribution in [-0.4, -0.2) is 69.0 Å². The van der Waals surface area contributed by atoms with E-state index >= 15 is 0 Å². The third kappa shape index (κ3) is 1.74. The fourth-order valence-electron chi connectivity index (χ4n) is 1.33. The number of aliphatic hydroxyl groups excluding tert-OH is 4. The molecule has 6 nitrogen and oxygen atoms in total. The summed E-state index contributed by atoms with van der Waals surface area (Å²) in [5, 5.41) is 45.6. The van der Waals surface area contributed by atoms with Crippen molar-refractivity contribution in [3.8, 4) is 0 Å². The van der Waals surface area contributed by atoms with E-state index in [-0.39, 0.29) is 0 Å². The summed E-state index contributed by atoms with van der Waals surface area (Å²) in [4.78, 5) is 0. The Balaban J connectivity index is 2.84. The van der Waals surface area contributed by atoms with Crippen molar-refractivity contribution in [1.29, 1.82) is 0 Å². The highest BCUT2D eigenvalue weighted by Gasteiger charge is 2.52. The van der Waals surface area contributed by atoms with E-state index in [1.807, 2.05) is 0 Å². The molecule has 0 spiro atoms. The summed E-state index contributed by atoms with van der Waals surface area (Å²) in [6, 6.07) is 0. The predicted molar refractivity (Wildman–Crippen MR) is 40.9 cm³/mol. The zero-order chi connectivity index (χ0) is 10.9. The van der Waals surface area contributed by atoms with Gasteiger partial charge in [0.15, 0.2) is 0 Å². The first-order chi connectivity index (χ1) is 6.46. The molecular formula is C7H13FO6. The van der Waals surface area contributed by atoms with E-state index in [1.165, 1.54) is 0 Å². The SMILES string of the molecule is OCC1O[C@](O)(CF)C(O)C(O)[C@H]1O. The number of rotatable bonds is 2. The number of ether oxygens (including phenoxy) is 1. The average molecular weight is 212 g/mol. The molecule has 1 aliphatic heterocycles. The van der Waals surface area contributed by atoms with Crippen LogP contribution in [0.2, 0.25) is 0 Å². The van der Waals surface area contributed by atoms with Crippen LogP contribution in [0.1, 0.15) is 0 Å². The summed E-state index contributed by atoms with van der Waals surface area (Å²) in [6.07, 6.45) is -6.61. The number of aliphatic hydroxyl groups is 5. The molecule has 5 atom stereocenters. The lowest BCUT2D eigenvalue weighted by Crippen LogP contribution is -2.66. The molecule has 1 heterocycles. The molecule has 0 aromatic heterocycles. The van der Waals surface area contributed by atoms with Gasteiger partial charge in [-0.1, -0.05) is 0 Å². The molecular weight excluding hydrogens is 199 g/mol. The van der Waals surface area contributed by atoms with Crippen LogP contribution in [-0.2, 0) is 4.74 Å². The highest BCUT2D eigenvalue weighted by molar-refractivity contribution is 4.95. The van der Waals surface area contributed by atoms with Gasteiger partial charge in [0.2, 0.25) is 5.79 Å². The summed E-state index contributed by atoms with van der Waals surface area (Å²) in [5.74, 6) is -2.58. The monoisotopic (exact) mass is 212 g/mol. The third-order valence-electron chi connectivity index (χ3n) is 2.24. The van der Waals surface area contributed by atoms with Crippen LogP contribution in [0.5, 0.6) is 0 Å². The van der Waals surface area contributed by atoms with Crippen molar-refractivity contribution in [2.24, 2.45) is 0 Å². The van der Waals surface area contributed by atoms with Crippen molar-refractivity contribution in [3.05, 3.63) is 0 Å². The molecule has 84 valence electrons. The van der Waals surface area contributed by atoms with Gasteiger partial charge in [-0.3, -0.25) is 0 Å². The summed E-state index contributed by atoms with van der Waals surface area (Å²) in [5.41, 5.74) is 0. The lowest BCUT2D eigenvalue weighted by molar-refractivity contribution is -0.352. The van der Waals surface area contributed by atoms with E-state index in [9.17, 15) is 24.8 Å². The van der Waals surface area contributed by atoms with Crippen LogP contribution in [0.25, 0.3) is 0 Å². The molecule has 7 heteroatoms. The van der Waals surface area contributed by atoms with Gasteiger partial charge in [-0.25, -0.2) is 4.39 Å². The maximum absolute atomic E-state index is 12.3. The van der Waals surface area contributed by atoms with E-state index in [0.29, 0.717) is 0 Å². The highest BCUT2D eigenvalue weighted by atomic mass is 19.1. The molecule has 0 saturated carbocycles. The minimum absolute atomic E-state index is 0.701. The summed E-state index contributed by atoms with van der Waals surface area (Å²) >= 11 is 0. The zero-order valence-corrected chi connectivity index (χ0v) is 7.25. The summed E-state index contributed by atoms with van der Waals surface area (Å²) < 4.78 is 16.9. The molecule has 0 aromatic carbocycles. The fraction of sp³-hybridized carbons (Fsp3) is 1.00. The second kappa shape index (κ2) is 4.05. The Morgan fingerprint density at radius 3 is 2.21 bits per heavy atom. The van der Waals surface area contributed by atoms with E-state index < -0.39 is 43.5 Å². The molecule has 1 fully saturated rings. The Kier molecular flexibility index (Phi) is 3.40. The predicted octanol–water partition coefficient (Wildman–Crippen LogP) is -2.88. The van der Waals surface area contributed by atoms with Crippen LogP contribution in [0.3, 0.4) is 0 Å². The molecule has 0 bridgehead atoms. The number of hydrogen-bond acceptors (Lipinski definition) is 6. The van der Waals surface area contributed by atoms with Gasteiger partial charge in [-0.2, -0.15) is 0 Å². The zero-order valence-electron chi connectivity index (χ0n) is 7.25. The summed E-state index contributed by atoms with van der Waals surface area (Å²) in [7, 11) is 0. The van der Waals surface area contributed by atoms with Crippen molar-refractivity contribution in [3.63, 3.8) is 0 Å². The largest absolute Gasteiger partial charge is 0.394 e. The first-order valence-electron chi connectivity index (χ1n) is 4.07. The lowest BCUT2D eigenvalue weighted by atomic mass is 9.93. The van der Waals surface area contributed by atoms with Crippen LogP contribution in [0.15, 0.2) is 0 Å². The van der Waals surface area contributed by atoms with Gasteiger partial charge in [-0.15, -0.1) is 0 Å². The molecule has 14 heavy (non-hydrogen) atoms. The van der Waals surface area contributed by atoms with Gasteiger partial charge in [0, 0.05) is 0 Å². The van der Waals surface area contributed by atoms with Gasteiger partial charge in [0.05, 0.1) is 6.61 Å². The van der Waals surface area contributed by atoms with Crippen LogP contribution in [0.4, 0.5) is 4.39 Å². The molecule has 0 aliphatic carbocycles. The summed E-state index contributed by atoms with van der Waals surface area (Å²) in [6.45, 7) is -2.15. The lowest BCUT2D eigenvalue weighted by Gasteiger charge is -2.43. The topological polar surface area (TPSA) is 110 Å². The molecule has 0 radical (unpaired) electrons. The third-order valence-corrected chi connectivity index (χ3v) is 2.24. The number of hydrogen-bond donors (Lipinski definition) is 5. The second-order valence-electron chi connectivity index (χ2n) is 3.24. The minimum atomic E-state index is -2.58. The van der Waals surface area contributed by atoms with Gasteiger partial charge in [-0.05, 0) is 0 Å². The van der Waals surface area contributed by atoms with E-state index in [4.69, 9.17) is 5.11 Å². The Bertz CT molecular complexity index is 201. The highest BCUT2D eigenvalue weighted by Crippen LogP contribution is 2.28. The molecule has 1 saturated heterocycles. The maximum Gasteiger partial charge on any atom is 0.224 e. The van der Waals surface area contributed by atoms with Crippen molar-refractivity contribution in [2.45, 2.75) is 30.2 Å². The second-order valence-corrected chi connectivity index (χ2v) is 3.24. The van der Waals surface area contributed by atoms with E-state index in [0.717, 1.165) is 0 Å². The Morgan fingerprint density at radius 1 is 1.21 bits per heavy atom. The molecule has 0 amide bonds. The first-order valence-corrected chi connectivity index (χ1v) is 4.07. The van der Waals surface area contributed by atoms with Gasteiger partial charge < -0.3 is 30.3 Å². The Hall–Kier alpha value is -0.310. The van der Waals surface area contributed by atoms with Gasteiger partial charge >= 0.3 is 0 Å². The number of halogens is 1. The smallest absolute Gasteiger partial charge is 0.224 e. The van der Waals surface area contributed by atoms with E-state index in [2.05, 4.69) is 4.74 Å². The first kappa shape index (κ1) is 11.8. The van der Waals surface area contributed by atoms with Crippen molar-refractivity contribution >= 4 is 0 Å². The van der Waals surface area contributed by atoms with Crippen molar-refractivity contribution in [2.75, 3.05) is 13.3 Å². The number of alkyl halides is 1. The van der Waals surface area contributed by atoms with Crippen molar-refractivity contribution in [1.82, 2.24) is 0 Å². The average Bonchev–Trinajstić information content (AvgIpc) is 2.20. The van der Waals surface area contributed by atoms with Crippen LogP contribution >= 0.6 is 0 Å². The van der Waals surface area contributed by atoms with Crippen LogP contribution in [0, 0.1) is 0 Å². The molecule has 3 unspecified atom stereocenters. The van der Waals surface area contributed by atoms with E-state index in [1.54, 1.807) is 0 Å². The van der Waals surface area contributed by atoms with Crippen molar-refractivity contribution < 1.29 is 34.7 Å². The molecule has 0 aromatic rings. The fourth-order valence-corrected chi connectivity index (χ4v) is 1.33.